The van der Waals surface area contributed by atoms with Gasteiger partial charge in [0.25, 0.3) is 0 Å². The Bertz CT molecular complexity index is 253. The number of nitrogens with two attached hydrogens (primary N) is 1. The molecule has 0 aromatic rings. The molecule has 0 rings (SSSR count). The molecular weight excluding hydrogens is 166 g/mol. The lowest BCUT2D eigenvalue weighted by Crippen LogP contribution is -2.35. The topological polar surface area (TPSA) is 77.2 Å². The lowest BCUT2D eigenvalue weighted by Gasteiger charge is -2.19. The van der Waals surface area contributed by atoms with Gasteiger partial charge in [-0.15, -0.1) is 0 Å². The molecule has 0 fully saturated rings. The fourth-order valence-electron chi connectivity index (χ4n) is 0.551. The molecule has 5 heteroatoms. The molecule has 0 radical (unpaired) electrons. The molecule has 0 aromatic carbocycles. The summed E-state index contributed by atoms with van der Waals surface area (Å²) in [5, 5.41) is 0. The summed E-state index contributed by atoms with van der Waals surface area (Å²) in [5.41, 5.74) is 4.87. The predicted octanol–water partition coefficient (Wildman–Crippen LogP) is -0.315. The van der Waals surface area contributed by atoms with Crippen molar-refractivity contribution in [3.8, 4) is 0 Å². The Morgan fingerprint density at radius 3 is 1.91 bits per heavy atom. The van der Waals surface area contributed by atoms with E-state index in [4.69, 9.17) is 5.73 Å². The van der Waals surface area contributed by atoms with Gasteiger partial charge in [-0.05, 0) is 13.8 Å². The second-order valence-electron chi connectivity index (χ2n) is 3.17. The first-order valence-corrected chi connectivity index (χ1v) is 5.04. The van der Waals surface area contributed by atoms with Crippen molar-refractivity contribution in [2.24, 2.45) is 5.73 Å². The fraction of sp³-hybridized carbons (Fsp3) is 0.833. The standard InChI is InChI=1S/C6H13NO3S/c1-6(2,4-5(7)8)11(3,9)10/h4H2,1-3H3,(H2,7,8). The predicted molar refractivity (Wildman–Crippen MR) is 42.7 cm³/mol. The Labute approximate surface area is 66.7 Å². The Morgan fingerprint density at radius 1 is 1.45 bits per heavy atom. The van der Waals surface area contributed by atoms with E-state index in [1.54, 1.807) is 0 Å². The van der Waals surface area contributed by atoms with Crippen LogP contribution in [0.4, 0.5) is 0 Å². The van der Waals surface area contributed by atoms with E-state index in [2.05, 4.69) is 0 Å². The van der Waals surface area contributed by atoms with Crippen LogP contribution in [0.3, 0.4) is 0 Å². The monoisotopic (exact) mass is 179 g/mol. The van der Waals surface area contributed by atoms with Gasteiger partial charge in [-0.1, -0.05) is 0 Å². The molecule has 0 aliphatic carbocycles. The number of primary amides is 1. The molecule has 2 N–H and O–H groups in total. The van der Waals surface area contributed by atoms with Crippen LogP contribution < -0.4 is 5.73 Å². The van der Waals surface area contributed by atoms with Crippen molar-refractivity contribution < 1.29 is 13.2 Å². The zero-order valence-electron chi connectivity index (χ0n) is 6.92. The van der Waals surface area contributed by atoms with E-state index in [-0.39, 0.29) is 6.42 Å². The minimum absolute atomic E-state index is 0.133. The Morgan fingerprint density at radius 2 is 1.82 bits per heavy atom. The molecule has 4 nitrogen and oxygen atoms in total. The van der Waals surface area contributed by atoms with E-state index in [1.165, 1.54) is 13.8 Å². The van der Waals surface area contributed by atoms with E-state index in [1.807, 2.05) is 0 Å². The van der Waals surface area contributed by atoms with Crippen LogP contribution in [0.5, 0.6) is 0 Å². The molecular formula is C6H13NO3S. The molecule has 1 amide bonds. The number of amides is 1. The molecule has 0 bridgehead atoms. The number of hydrogen-bond donors (Lipinski definition) is 1. The number of rotatable bonds is 3. The number of hydrogen-bond acceptors (Lipinski definition) is 3. The van der Waals surface area contributed by atoms with Gasteiger partial charge in [-0.2, -0.15) is 0 Å². The van der Waals surface area contributed by atoms with Gasteiger partial charge in [-0.25, -0.2) is 8.42 Å². The minimum Gasteiger partial charge on any atom is -0.370 e. The van der Waals surface area contributed by atoms with E-state index >= 15 is 0 Å². The Balaban J connectivity index is 4.62. The minimum atomic E-state index is -3.20. The highest BCUT2D eigenvalue weighted by atomic mass is 32.2. The molecule has 66 valence electrons. The summed E-state index contributed by atoms with van der Waals surface area (Å²) < 4.78 is 20.9. The van der Waals surface area contributed by atoms with E-state index in [0.29, 0.717) is 0 Å². The highest BCUT2D eigenvalue weighted by Crippen LogP contribution is 2.18. The van der Waals surface area contributed by atoms with Crippen molar-refractivity contribution in [1.82, 2.24) is 0 Å². The third-order valence-electron chi connectivity index (χ3n) is 1.60. The van der Waals surface area contributed by atoms with Gasteiger partial charge >= 0.3 is 0 Å². The van der Waals surface area contributed by atoms with Crippen molar-refractivity contribution in [3.05, 3.63) is 0 Å². The average molecular weight is 179 g/mol. The summed E-state index contributed by atoms with van der Waals surface area (Å²) in [7, 11) is -3.20. The van der Waals surface area contributed by atoms with Crippen molar-refractivity contribution >= 4 is 15.7 Å². The van der Waals surface area contributed by atoms with E-state index < -0.39 is 20.5 Å². The number of carbonyl (C=O) groups is 1. The first-order chi connectivity index (χ1) is 4.67. The largest absolute Gasteiger partial charge is 0.370 e. The fourth-order valence-corrected chi connectivity index (χ4v) is 0.955. The third kappa shape index (κ3) is 2.88. The zero-order chi connectivity index (χ0) is 9.28. The summed E-state index contributed by atoms with van der Waals surface area (Å²) in [6, 6.07) is 0. The molecule has 0 heterocycles. The first-order valence-electron chi connectivity index (χ1n) is 3.15. The number of sulfone groups is 1. The van der Waals surface area contributed by atoms with Gasteiger partial charge < -0.3 is 5.73 Å². The number of carbonyl (C=O) groups excluding carboxylic acids is 1. The lowest BCUT2D eigenvalue weighted by atomic mass is 10.1. The Hall–Kier alpha value is -0.580. The SMILES string of the molecule is CC(C)(CC(N)=O)S(C)(=O)=O. The van der Waals surface area contributed by atoms with Crippen LogP contribution in [0.1, 0.15) is 20.3 Å². The molecule has 0 aliphatic heterocycles. The maximum atomic E-state index is 11.0. The summed E-state index contributed by atoms with van der Waals surface area (Å²) in [6.45, 7) is 2.96. The first kappa shape index (κ1) is 10.4. The van der Waals surface area contributed by atoms with Gasteiger partial charge in [0.05, 0.1) is 4.75 Å². The zero-order valence-corrected chi connectivity index (χ0v) is 7.73. The summed E-state index contributed by atoms with van der Waals surface area (Å²) in [5.74, 6) is -0.597. The molecule has 0 aliphatic rings. The van der Waals surface area contributed by atoms with Crippen LogP contribution in [0.2, 0.25) is 0 Å². The lowest BCUT2D eigenvalue weighted by molar-refractivity contribution is -0.118. The van der Waals surface area contributed by atoms with Gasteiger partial charge in [0.2, 0.25) is 5.91 Å². The highest BCUT2D eigenvalue weighted by molar-refractivity contribution is 7.92. The van der Waals surface area contributed by atoms with Crippen LogP contribution in [-0.2, 0) is 14.6 Å². The third-order valence-corrected chi connectivity index (χ3v) is 3.76. The quantitative estimate of drug-likeness (QED) is 0.645. The molecule has 0 aromatic heterocycles. The van der Waals surface area contributed by atoms with Gasteiger partial charge in [0.1, 0.15) is 0 Å². The molecule has 0 spiro atoms. The van der Waals surface area contributed by atoms with Crippen LogP contribution in [0.15, 0.2) is 0 Å². The van der Waals surface area contributed by atoms with Gasteiger partial charge in [-0.3, -0.25) is 4.79 Å². The van der Waals surface area contributed by atoms with Crippen molar-refractivity contribution in [3.63, 3.8) is 0 Å². The van der Waals surface area contributed by atoms with Crippen LogP contribution in [0, 0.1) is 0 Å². The van der Waals surface area contributed by atoms with Crippen LogP contribution in [-0.4, -0.2) is 25.3 Å². The average Bonchev–Trinajstić information content (AvgIpc) is 1.56. The highest BCUT2D eigenvalue weighted by Gasteiger charge is 2.31. The van der Waals surface area contributed by atoms with Crippen LogP contribution in [0.25, 0.3) is 0 Å². The smallest absolute Gasteiger partial charge is 0.218 e. The van der Waals surface area contributed by atoms with E-state index in [0.717, 1.165) is 6.26 Å². The molecule has 0 saturated carbocycles. The van der Waals surface area contributed by atoms with Gasteiger partial charge in [0.15, 0.2) is 9.84 Å². The maximum Gasteiger partial charge on any atom is 0.218 e. The molecule has 0 saturated heterocycles. The summed E-state index contributed by atoms with van der Waals surface area (Å²) in [6.07, 6.45) is 0.960. The second kappa shape index (κ2) is 2.81. The second-order valence-corrected chi connectivity index (χ2v) is 5.82. The normalized spacial score (nSPS) is 13.0. The summed E-state index contributed by atoms with van der Waals surface area (Å²) in [4.78, 5) is 10.4. The Kier molecular flexibility index (Phi) is 2.66. The molecule has 0 unspecified atom stereocenters. The van der Waals surface area contributed by atoms with Crippen molar-refractivity contribution in [1.29, 1.82) is 0 Å². The van der Waals surface area contributed by atoms with Gasteiger partial charge in [0, 0.05) is 12.7 Å². The van der Waals surface area contributed by atoms with Crippen LogP contribution >= 0.6 is 0 Å². The molecule has 11 heavy (non-hydrogen) atoms. The maximum absolute atomic E-state index is 11.0. The van der Waals surface area contributed by atoms with E-state index in [9.17, 15) is 13.2 Å². The molecule has 0 atom stereocenters. The van der Waals surface area contributed by atoms with Crippen molar-refractivity contribution in [2.45, 2.75) is 25.0 Å². The van der Waals surface area contributed by atoms with Crippen molar-refractivity contribution in [2.75, 3.05) is 6.26 Å². The summed E-state index contributed by atoms with van der Waals surface area (Å²) >= 11 is 0.